The minimum atomic E-state index is -0.423. The first kappa shape index (κ1) is 32.1. The second-order valence-corrected chi connectivity index (χ2v) is 9.64. The lowest BCUT2D eigenvalue weighted by Crippen LogP contribution is -2.64. The Morgan fingerprint density at radius 2 is 1.17 bits per heavy atom. The molecule has 0 aromatic heterocycles. The van der Waals surface area contributed by atoms with Crippen LogP contribution in [-0.4, -0.2) is 133 Å². The lowest BCUT2D eigenvalue weighted by atomic mass is 9.80. The first-order valence-corrected chi connectivity index (χ1v) is 12.4. The SMILES string of the molecule is COCC[N+](C=O)(CCOC)CN(C[N+](C=O)(CCOC)CCOC)C(=O)C1CCCC(C(N)=O)C1. The van der Waals surface area contributed by atoms with E-state index in [1.807, 2.05) is 0 Å². The second kappa shape index (κ2) is 16.7. The maximum atomic E-state index is 13.9. The van der Waals surface area contributed by atoms with Crippen molar-refractivity contribution in [1.82, 2.24) is 4.90 Å². The number of hydrogen-bond donors (Lipinski definition) is 1. The molecule has 2 N–H and O–H groups in total. The van der Waals surface area contributed by atoms with E-state index in [2.05, 4.69) is 0 Å². The van der Waals surface area contributed by atoms with Crippen molar-refractivity contribution in [2.45, 2.75) is 25.7 Å². The summed E-state index contributed by atoms with van der Waals surface area (Å²) in [7, 11) is 6.20. The molecule has 2 unspecified atom stereocenters. The van der Waals surface area contributed by atoms with Crippen molar-refractivity contribution in [3.63, 3.8) is 0 Å². The van der Waals surface area contributed by atoms with Gasteiger partial charge in [0, 0.05) is 40.3 Å². The van der Waals surface area contributed by atoms with Crippen LogP contribution in [0.15, 0.2) is 0 Å². The molecular formula is C24H46N4O8+2. The first-order chi connectivity index (χ1) is 17.3. The summed E-state index contributed by atoms with van der Waals surface area (Å²) in [5.41, 5.74) is 5.55. The molecule has 0 bridgehead atoms. The number of ether oxygens (including phenoxy) is 4. The van der Waals surface area contributed by atoms with Gasteiger partial charge in [0.05, 0.1) is 26.4 Å². The van der Waals surface area contributed by atoms with Gasteiger partial charge in [0.1, 0.15) is 26.2 Å². The van der Waals surface area contributed by atoms with Crippen molar-refractivity contribution in [3.8, 4) is 0 Å². The lowest BCUT2D eigenvalue weighted by Gasteiger charge is -2.42. The minimum Gasteiger partial charge on any atom is -0.379 e. The highest BCUT2D eigenvalue weighted by atomic mass is 16.5. The molecule has 12 heteroatoms. The van der Waals surface area contributed by atoms with Crippen molar-refractivity contribution in [3.05, 3.63) is 0 Å². The Bertz CT molecular complexity index is 643. The Labute approximate surface area is 214 Å². The third-order valence-corrected chi connectivity index (χ3v) is 7.05. The predicted octanol–water partition coefficient (Wildman–Crippen LogP) is -0.446. The molecule has 1 saturated carbocycles. The van der Waals surface area contributed by atoms with Crippen LogP contribution in [0.4, 0.5) is 0 Å². The van der Waals surface area contributed by atoms with Gasteiger partial charge in [-0.25, -0.2) is 23.5 Å². The van der Waals surface area contributed by atoms with Crippen molar-refractivity contribution in [2.24, 2.45) is 17.6 Å². The van der Waals surface area contributed by atoms with E-state index in [1.165, 1.54) is 0 Å². The number of amides is 4. The molecule has 1 aliphatic rings. The number of nitrogens with zero attached hydrogens (tertiary/aromatic N) is 3. The summed E-state index contributed by atoms with van der Waals surface area (Å²) in [5, 5.41) is 0. The Kier molecular flexibility index (Phi) is 14.9. The summed E-state index contributed by atoms with van der Waals surface area (Å²) in [6.07, 6.45) is 3.97. The quantitative estimate of drug-likeness (QED) is 0.130. The lowest BCUT2D eigenvalue weighted by molar-refractivity contribution is -0.883. The third kappa shape index (κ3) is 9.83. The van der Waals surface area contributed by atoms with Crippen LogP contribution in [0.3, 0.4) is 0 Å². The molecule has 12 nitrogen and oxygen atoms in total. The van der Waals surface area contributed by atoms with E-state index in [-0.39, 0.29) is 34.1 Å². The highest BCUT2D eigenvalue weighted by molar-refractivity contribution is 5.81. The van der Waals surface area contributed by atoms with Gasteiger partial charge in [0.15, 0.2) is 13.3 Å². The molecular weight excluding hydrogens is 472 g/mol. The fraction of sp³-hybridized carbons (Fsp3) is 0.833. The average Bonchev–Trinajstić information content (AvgIpc) is 2.90. The molecule has 0 aromatic rings. The van der Waals surface area contributed by atoms with E-state index in [0.717, 1.165) is 12.8 Å². The summed E-state index contributed by atoms with van der Waals surface area (Å²) in [4.78, 5) is 52.3. The van der Waals surface area contributed by atoms with Gasteiger partial charge < -0.3 is 24.7 Å². The van der Waals surface area contributed by atoms with Gasteiger partial charge in [-0.2, -0.15) is 0 Å². The Morgan fingerprint density at radius 3 is 1.50 bits per heavy atom. The van der Waals surface area contributed by atoms with E-state index in [9.17, 15) is 19.2 Å². The smallest absolute Gasteiger partial charge is 0.303 e. The Balaban J connectivity index is 3.39. The van der Waals surface area contributed by atoms with Crippen LogP contribution < -0.4 is 5.73 Å². The van der Waals surface area contributed by atoms with E-state index in [1.54, 1.807) is 33.3 Å². The monoisotopic (exact) mass is 518 g/mol. The largest absolute Gasteiger partial charge is 0.379 e. The predicted molar refractivity (Wildman–Crippen MR) is 131 cm³/mol. The number of rotatable bonds is 20. The fourth-order valence-corrected chi connectivity index (χ4v) is 4.67. The number of methoxy groups -OCH3 is 4. The molecule has 36 heavy (non-hydrogen) atoms. The summed E-state index contributed by atoms with van der Waals surface area (Å²) in [6.45, 7) is 2.63. The van der Waals surface area contributed by atoms with Gasteiger partial charge in [-0.1, -0.05) is 6.42 Å². The molecule has 1 aliphatic carbocycles. The molecule has 0 aliphatic heterocycles. The molecule has 4 amide bonds. The molecule has 0 saturated heterocycles. The van der Waals surface area contributed by atoms with Gasteiger partial charge in [-0.05, 0) is 19.3 Å². The van der Waals surface area contributed by atoms with Crippen molar-refractivity contribution < 1.29 is 47.1 Å². The minimum absolute atomic E-state index is 0.0423. The first-order valence-electron chi connectivity index (χ1n) is 12.4. The summed E-state index contributed by atoms with van der Waals surface area (Å²) in [6, 6.07) is 0. The zero-order valence-electron chi connectivity index (χ0n) is 22.4. The van der Waals surface area contributed by atoms with Gasteiger partial charge in [0.25, 0.3) is 0 Å². The average molecular weight is 519 g/mol. The molecule has 0 spiro atoms. The van der Waals surface area contributed by atoms with Gasteiger partial charge in [-0.3, -0.25) is 9.59 Å². The van der Waals surface area contributed by atoms with Crippen LogP contribution in [0.5, 0.6) is 0 Å². The van der Waals surface area contributed by atoms with Crippen molar-refractivity contribution in [2.75, 3.05) is 94.4 Å². The number of carbonyl (C=O) groups excluding carboxylic acids is 4. The van der Waals surface area contributed by atoms with Gasteiger partial charge >= 0.3 is 12.8 Å². The maximum Gasteiger partial charge on any atom is 0.303 e. The number of hydrogen-bond acceptors (Lipinski definition) is 8. The Hall–Kier alpha value is -1.96. The van der Waals surface area contributed by atoms with Crippen LogP contribution in [0, 0.1) is 11.8 Å². The van der Waals surface area contributed by atoms with Crippen LogP contribution in [0.1, 0.15) is 25.7 Å². The number of nitrogens with two attached hydrogens (primary N) is 1. The zero-order chi connectivity index (χ0) is 27.0. The molecule has 1 fully saturated rings. The summed E-state index contributed by atoms with van der Waals surface area (Å²) < 4.78 is 20.8. The van der Waals surface area contributed by atoms with Crippen LogP contribution in [0.2, 0.25) is 0 Å². The normalized spacial score (nSPS) is 18.6. The van der Waals surface area contributed by atoms with E-state index in [0.29, 0.717) is 78.3 Å². The van der Waals surface area contributed by atoms with Crippen molar-refractivity contribution >= 4 is 24.6 Å². The fourth-order valence-electron chi connectivity index (χ4n) is 4.67. The number of quaternary nitrogens is 2. The maximum absolute atomic E-state index is 13.9. The molecule has 0 aromatic carbocycles. The van der Waals surface area contributed by atoms with Crippen LogP contribution in [-0.2, 0) is 38.1 Å². The van der Waals surface area contributed by atoms with Crippen LogP contribution in [0.25, 0.3) is 0 Å². The second-order valence-electron chi connectivity index (χ2n) is 9.64. The highest BCUT2D eigenvalue weighted by Gasteiger charge is 2.41. The highest BCUT2D eigenvalue weighted by Crippen LogP contribution is 2.31. The van der Waals surface area contributed by atoms with E-state index < -0.39 is 11.8 Å². The number of carbonyl (C=O) groups is 4. The van der Waals surface area contributed by atoms with Crippen LogP contribution >= 0.6 is 0 Å². The third-order valence-electron chi connectivity index (χ3n) is 7.05. The van der Waals surface area contributed by atoms with E-state index >= 15 is 0 Å². The van der Waals surface area contributed by atoms with Gasteiger partial charge in [-0.15, -0.1) is 0 Å². The molecule has 0 radical (unpaired) electrons. The van der Waals surface area contributed by atoms with E-state index in [4.69, 9.17) is 24.7 Å². The molecule has 0 heterocycles. The topological polar surface area (TPSA) is 134 Å². The zero-order valence-corrected chi connectivity index (χ0v) is 22.4. The summed E-state index contributed by atoms with van der Waals surface area (Å²) >= 11 is 0. The molecule has 2 atom stereocenters. The number of primary amides is 1. The Morgan fingerprint density at radius 1 is 0.778 bits per heavy atom. The summed E-state index contributed by atoms with van der Waals surface area (Å²) in [5.74, 6) is -1.39. The standard InChI is InChI=1S/C24H45N4O8/c1-33-12-8-27(19-29,9-13-34-2)17-26(18-28(20-30,10-14-35-3)11-15-36-4)24(32)22-7-5-6-21(16-22)23(25)31/h19-22H,5-18H2,1-4H3,(H-,25,31)/q+1/p+1. The molecule has 208 valence electrons. The van der Waals surface area contributed by atoms with Gasteiger partial charge in [0.2, 0.25) is 11.8 Å². The van der Waals surface area contributed by atoms with Crippen molar-refractivity contribution in [1.29, 1.82) is 0 Å². The molecule has 1 rings (SSSR count).